The van der Waals surface area contributed by atoms with Crippen molar-refractivity contribution >= 4 is 22.6 Å². The maximum Gasteiger partial charge on any atom is 0.264 e. The van der Waals surface area contributed by atoms with E-state index in [1.807, 2.05) is 6.92 Å². The number of aromatic nitrogens is 2. The smallest absolute Gasteiger partial charge is 0.264 e. The van der Waals surface area contributed by atoms with Crippen LogP contribution >= 0.6 is 22.6 Å². The lowest BCUT2D eigenvalue weighted by atomic mass is 9.85. The third-order valence-corrected chi connectivity index (χ3v) is 5.24. The Morgan fingerprint density at radius 3 is 2.67 bits per heavy atom. The fourth-order valence-electron chi connectivity index (χ4n) is 3.12. The minimum atomic E-state index is -0.0596. The van der Waals surface area contributed by atoms with Crippen molar-refractivity contribution in [3.63, 3.8) is 0 Å². The molecular formula is C16H25IN2O2. The number of hydrogen-bond acceptors (Lipinski definition) is 3. The molecule has 1 unspecified atom stereocenters. The van der Waals surface area contributed by atoms with Gasteiger partial charge in [-0.2, -0.15) is 0 Å². The van der Waals surface area contributed by atoms with Crippen LogP contribution in [-0.4, -0.2) is 16.6 Å². The van der Waals surface area contributed by atoms with Gasteiger partial charge in [0.2, 0.25) is 0 Å². The summed E-state index contributed by atoms with van der Waals surface area (Å²) in [6.45, 7) is 4.77. The first kappa shape index (κ1) is 16.9. The SMILES string of the molecule is CCCc1nc(C(OCC)C2CCCCC2)[nH]c(=O)c1I. The summed E-state index contributed by atoms with van der Waals surface area (Å²) in [6, 6.07) is 0. The highest BCUT2D eigenvalue weighted by atomic mass is 127. The van der Waals surface area contributed by atoms with Gasteiger partial charge in [-0.05, 0) is 54.7 Å². The molecule has 0 aliphatic heterocycles. The second-order valence-corrected chi connectivity index (χ2v) is 6.81. The van der Waals surface area contributed by atoms with Gasteiger partial charge in [-0.25, -0.2) is 4.98 Å². The Hall–Kier alpha value is -0.430. The van der Waals surface area contributed by atoms with Gasteiger partial charge in [0.25, 0.3) is 5.56 Å². The molecule has 0 bridgehead atoms. The second-order valence-electron chi connectivity index (χ2n) is 5.74. The van der Waals surface area contributed by atoms with Crippen LogP contribution in [0, 0.1) is 9.49 Å². The highest BCUT2D eigenvalue weighted by molar-refractivity contribution is 14.1. The number of H-pyrrole nitrogens is 1. The summed E-state index contributed by atoms with van der Waals surface area (Å²) in [7, 11) is 0. The Labute approximate surface area is 140 Å². The molecule has 1 aromatic heterocycles. The molecule has 0 saturated heterocycles. The number of ether oxygens (including phenoxy) is 1. The van der Waals surface area contributed by atoms with Crippen molar-refractivity contribution in [1.82, 2.24) is 9.97 Å². The van der Waals surface area contributed by atoms with Crippen molar-refractivity contribution in [1.29, 1.82) is 0 Å². The van der Waals surface area contributed by atoms with Gasteiger partial charge >= 0.3 is 0 Å². The Balaban J connectivity index is 2.32. The quantitative estimate of drug-likeness (QED) is 0.730. The summed E-state index contributed by atoms with van der Waals surface area (Å²) in [5.74, 6) is 1.22. The molecule has 1 aliphatic rings. The van der Waals surface area contributed by atoms with Crippen LogP contribution in [0.15, 0.2) is 4.79 Å². The van der Waals surface area contributed by atoms with E-state index < -0.39 is 0 Å². The van der Waals surface area contributed by atoms with Gasteiger partial charge in [0, 0.05) is 6.61 Å². The van der Waals surface area contributed by atoms with E-state index in [1.165, 1.54) is 32.1 Å². The lowest BCUT2D eigenvalue weighted by Crippen LogP contribution is -2.26. The van der Waals surface area contributed by atoms with E-state index in [-0.39, 0.29) is 11.7 Å². The Morgan fingerprint density at radius 1 is 1.33 bits per heavy atom. The van der Waals surface area contributed by atoms with Crippen molar-refractivity contribution in [2.24, 2.45) is 5.92 Å². The summed E-state index contributed by atoms with van der Waals surface area (Å²) in [5.41, 5.74) is 0.891. The molecule has 1 aromatic rings. The summed E-state index contributed by atoms with van der Waals surface area (Å²) in [4.78, 5) is 19.9. The van der Waals surface area contributed by atoms with Crippen molar-refractivity contribution in [3.05, 3.63) is 25.4 Å². The molecule has 0 aromatic carbocycles. The zero-order valence-corrected chi connectivity index (χ0v) is 15.1. The van der Waals surface area contributed by atoms with Gasteiger partial charge in [0.05, 0.1) is 9.26 Å². The van der Waals surface area contributed by atoms with Crippen molar-refractivity contribution in [2.45, 2.75) is 64.9 Å². The van der Waals surface area contributed by atoms with E-state index in [4.69, 9.17) is 9.72 Å². The number of rotatable bonds is 6. The number of hydrogen-bond donors (Lipinski definition) is 1. The van der Waals surface area contributed by atoms with E-state index in [9.17, 15) is 4.79 Å². The summed E-state index contributed by atoms with van der Waals surface area (Å²) in [5, 5.41) is 0. The highest BCUT2D eigenvalue weighted by Crippen LogP contribution is 2.35. The topological polar surface area (TPSA) is 55.0 Å². The fraction of sp³-hybridized carbons (Fsp3) is 0.750. The molecular weight excluding hydrogens is 379 g/mol. The van der Waals surface area contributed by atoms with E-state index in [0.29, 0.717) is 12.5 Å². The largest absolute Gasteiger partial charge is 0.370 e. The molecule has 21 heavy (non-hydrogen) atoms. The van der Waals surface area contributed by atoms with Gasteiger partial charge in [-0.1, -0.05) is 32.6 Å². The van der Waals surface area contributed by atoms with Crippen molar-refractivity contribution in [3.8, 4) is 0 Å². The van der Waals surface area contributed by atoms with Crippen LogP contribution in [0.1, 0.15) is 70.0 Å². The molecule has 1 N–H and O–H groups in total. The second kappa shape index (κ2) is 8.27. The monoisotopic (exact) mass is 404 g/mol. The van der Waals surface area contributed by atoms with Gasteiger partial charge < -0.3 is 9.72 Å². The molecule has 0 radical (unpaired) electrons. The average Bonchev–Trinajstić information content (AvgIpc) is 2.50. The zero-order valence-electron chi connectivity index (χ0n) is 13.0. The number of nitrogens with zero attached hydrogens (tertiary/aromatic N) is 1. The Bertz CT molecular complexity index is 509. The minimum absolute atomic E-state index is 0.0236. The van der Waals surface area contributed by atoms with Crippen LogP contribution in [0.4, 0.5) is 0 Å². The molecule has 1 heterocycles. The first-order chi connectivity index (χ1) is 10.2. The molecule has 1 saturated carbocycles. The number of aryl methyl sites for hydroxylation is 1. The average molecular weight is 404 g/mol. The number of halogens is 1. The molecule has 2 rings (SSSR count). The fourth-order valence-corrected chi connectivity index (χ4v) is 3.64. The number of nitrogens with one attached hydrogen (secondary N) is 1. The molecule has 0 spiro atoms. The molecule has 1 atom stereocenters. The molecule has 118 valence electrons. The normalized spacial score (nSPS) is 17.9. The van der Waals surface area contributed by atoms with E-state index in [2.05, 4.69) is 34.5 Å². The minimum Gasteiger partial charge on any atom is -0.370 e. The molecule has 4 nitrogen and oxygen atoms in total. The molecule has 1 aliphatic carbocycles. The number of aromatic amines is 1. The van der Waals surface area contributed by atoms with Crippen LogP contribution in [0.3, 0.4) is 0 Å². The van der Waals surface area contributed by atoms with E-state index >= 15 is 0 Å². The predicted molar refractivity (Wildman–Crippen MR) is 92.5 cm³/mol. The van der Waals surface area contributed by atoms with Crippen molar-refractivity contribution in [2.75, 3.05) is 6.61 Å². The van der Waals surface area contributed by atoms with E-state index in [1.54, 1.807) is 0 Å². The van der Waals surface area contributed by atoms with Crippen LogP contribution in [0.2, 0.25) is 0 Å². The Kier molecular flexibility index (Phi) is 6.67. The van der Waals surface area contributed by atoms with Crippen LogP contribution in [0.25, 0.3) is 0 Å². The predicted octanol–water partition coefficient (Wildman–Crippen LogP) is 3.98. The van der Waals surface area contributed by atoms with Crippen LogP contribution in [0.5, 0.6) is 0 Å². The third-order valence-electron chi connectivity index (χ3n) is 4.13. The zero-order chi connectivity index (χ0) is 15.2. The Morgan fingerprint density at radius 2 is 2.05 bits per heavy atom. The lowest BCUT2D eigenvalue weighted by molar-refractivity contribution is -0.000514. The lowest BCUT2D eigenvalue weighted by Gasteiger charge is -2.29. The maximum absolute atomic E-state index is 12.2. The van der Waals surface area contributed by atoms with Crippen molar-refractivity contribution < 1.29 is 4.74 Å². The summed E-state index contributed by atoms with van der Waals surface area (Å²) >= 11 is 2.10. The molecule has 0 amide bonds. The molecule has 5 heteroatoms. The van der Waals surface area contributed by atoms with Crippen LogP contribution in [-0.2, 0) is 11.2 Å². The first-order valence-corrected chi connectivity index (χ1v) is 9.15. The van der Waals surface area contributed by atoms with Crippen LogP contribution < -0.4 is 5.56 Å². The van der Waals surface area contributed by atoms with Gasteiger partial charge in [0.15, 0.2) is 0 Å². The standard InChI is InChI=1S/C16H25IN2O2/c1-3-8-12-13(17)16(20)19-15(18-12)14(21-4-2)11-9-6-5-7-10-11/h11,14H,3-10H2,1-2H3,(H,18,19,20). The van der Waals surface area contributed by atoms with E-state index in [0.717, 1.165) is 27.9 Å². The van der Waals surface area contributed by atoms with Gasteiger partial charge in [-0.3, -0.25) is 4.79 Å². The van der Waals surface area contributed by atoms with Gasteiger partial charge in [0.1, 0.15) is 11.9 Å². The highest BCUT2D eigenvalue weighted by Gasteiger charge is 2.28. The first-order valence-electron chi connectivity index (χ1n) is 8.07. The maximum atomic E-state index is 12.2. The summed E-state index contributed by atoms with van der Waals surface area (Å²) in [6.07, 6.45) is 7.94. The third kappa shape index (κ3) is 4.28. The molecule has 1 fully saturated rings. The van der Waals surface area contributed by atoms with Gasteiger partial charge in [-0.15, -0.1) is 0 Å². The summed E-state index contributed by atoms with van der Waals surface area (Å²) < 4.78 is 6.68.